The Hall–Kier alpha value is -3.61. The van der Waals surface area contributed by atoms with E-state index in [2.05, 4.69) is 42.0 Å². The standard InChI is InChI=1S/C26H30N4O3/c1-19-6-4-9-24(20(19)2)28-14-16-29(17-15-28)25(31)12-13-30-26(32)11-10-23(27-30)21-7-5-8-22(18-21)33-3/h4-11,18H,12-17H2,1-3H3. The van der Waals surface area contributed by atoms with E-state index in [0.29, 0.717) is 18.8 Å². The minimum atomic E-state index is -0.214. The molecule has 0 aliphatic carbocycles. The lowest BCUT2D eigenvalue weighted by molar-refractivity contribution is -0.131. The highest BCUT2D eigenvalue weighted by atomic mass is 16.5. The van der Waals surface area contributed by atoms with Gasteiger partial charge in [0.1, 0.15) is 5.75 Å². The molecule has 3 aromatic rings. The Morgan fingerprint density at radius 2 is 1.76 bits per heavy atom. The average Bonchev–Trinajstić information content (AvgIpc) is 2.85. The predicted molar refractivity (Wildman–Crippen MR) is 130 cm³/mol. The number of anilines is 1. The van der Waals surface area contributed by atoms with E-state index in [9.17, 15) is 9.59 Å². The molecule has 2 aromatic carbocycles. The summed E-state index contributed by atoms with van der Waals surface area (Å²) in [6, 6.07) is 17.1. The normalized spacial score (nSPS) is 13.8. The average molecular weight is 447 g/mol. The molecule has 1 saturated heterocycles. The van der Waals surface area contributed by atoms with Crippen LogP contribution in [-0.2, 0) is 11.3 Å². The van der Waals surface area contributed by atoms with Crippen LogP contribution in [0.5, 0.6) is 5.75 Å². The third-order valence-electron chi connectivity index (χ3n) is 6.32. The van der Waals surface area contributed by atoms with Gasteiger partial charge in [-0.05, 0) is 49.2 Å². The number of nitrogens with zero attached hydrogens (tertiary/aromatic N) is 4. The van der Waals surface area contributed by atoms with Crippen molar-refractivity contribution in [1.82, 2.24) is 14.7 Å². The molecule has 2 heterocycles. The van der Waals surface area contributed by atoms with Gasteiger partial charge < -0.3 is 14.5 Å². The van der Waals surface area contributed by atoms with Crippen molar-refractivity contribution in [3.05, 3.63) is 76.1 Å². The molecule has 1 fully saturated rings. The van der Waals surface area contributed by atoms with Crippen LogP contribution in [0, 0.1) is 13.8 Å². The van der Waals surface area contributed by atoms with Gasteiger partial charge in [0.2, 0.25) is 5.91 Å². The molecule has 4 rings (SSSR count). The van der Waals surface area contributed by atoms with Crippen molar-refractivity contribution in [3.8, 4) is 17.0 Å². The zero-order valence-corrected chi connectivity index (χ0v) is 19.5. The summed E-state index contributed by atoms with van der Waals surface area (Å²) in [6.45, 7) is 7.49. The first-order chi connectivity index (χ1) is 16.0. The quantitative estimate of drug-likeness (QED) is 0.581. The Morgan fingerprint density at radius 1 is 1.00 bits per heavy atom. The van der Waals surface area contributed by atoms with Crippen LogP contribution in [0.15, 0.2) is 59.4 Å². The van der Waals surface area contributed by atoms with Gasteiger partial charge in [-0.2, -0.15) is 5.10 Å². The molecule has 7 nitrogen and oxygen atoms in total. The maximum absolute atomic E-state index is 12.8. The van der Waals surface area contributed by atoms with Crippen LogP contribution in [0.1, 0.15) is 17.5 Å². The van der Waals surface area contributed by atoms with E-state index >= 15 is 0 Å². The van der Waals surface area contributed by atoms with Crippen LogP contribution >= 0.6 is 0 Å². The smallest absolute Gasteiger partial charge is 0.266 e. The monoisotopic (exact) mass is 446 g/mol. The van der Waals surface area contributed by atoms with Crippen molar-refractivity contribution in [1.29, 1.82) is 0 Å². The topological polar surface area (TPSA) is 67.7 Å². The summed E-state index contributed by atoms with van der Waals surface area (Å²) in [5.74, 6) is 0.776. The van der Waals surface area contributed by atoms with E-state index < -0.39 is 0 Å². The second-order valence-corrected chi connectivity index (χ2v) is 8.35. The number of ether oxygens (including phenoxy) is 1. The highest BCUT2D eigenvalue weighted by molar-refractivity contribution is 5.76. The van der Waals surface area contributed by atoms with Crippen LogP contribution in [0.25, 0.3) is 11.3 Å². The number of carbonyl (C=O) groups excluding carboxylic acids is 1. The van der Waals surface area contributed by atoms with Crippen LogP contribution in [-0.4, -0.2) is 53.9 Å². The molecule has 0 N–H and O–H groups in total. The van der Waals surface area contributed by atoms with Crippen molar-refractivity contribution >= 4 is 11.6 Å². The SMILES string of the molecule is COc1cccc(-c2ccc(=O)n(CCC(=O)N3CCN(c4cccc(C)c4C)CC3)n2)c1. The molecule has 0 saturated carbocycles. The van der Waals surface area contributed by atoms with Gasteiger partial charge in [0, 0.05) is 49.9 Å². The summed E-state index contributed by atoms with van der Waals surface area (Å²) in [5, 5.41) is 4.47. The Balaban J connectivity index is 1.37. The Labute approximate surface area is 194 Å². The highest BCUT2D eigenvalue weighted by Gasteiger charge is 2.22. The number of methoxy groups -OCH3 is 1. The van der Waals surface area contributed by atoms with Gasteiger partial charge in [-0.25, -0.2) is 4.68 Å². The minimum absolute atomic E-state index is 0.0519. The second-order valence-electron chi connectivity index (χ2n) is 8.35. The molecule has 7 heteroatoms. The summed E-state index contributed by atoms with van der Waals surface area (Å²) in [6.07, 6.45) is 0.248. The van der Waals surface area contributed by atoms with E-state index in [0.717, 1.165) is 24.4 Å². The van der Waals surface area contributed by atoms with Gasteiger partial charge in [-0.3, -0.25) is 9.59 Å². The fourth-order valence-electron chi connectivity index (χ4n) is 4.18. The molecule has 1 amide bonds. The number of benzene rings is 2. The summed E-state index contributed by atoms with van der Waals surface area (Å²) in [5.41, 5.74) is 5.13. The predicted octanol–water partition coefficient (Wildman–Crippen LogP) is 3.27. The second kappa shape index (κ2) is 9.90. The van der Waals surface area contributed by atoms with Crippen molar-refractivity contribution in [3.63, 3.8) is 0 Å². The molecule has 0 bridgehead atoms. The molecule has 0 atom stereocenters. The zero-order chi connectivity index (χ0) is 23.4. The third-order valence-corrected chi connectivity index (χ3v) is 6.32. The lowest BCUT2D eigenvalue weighted by Gasteiger charge is -2.37. The van der Waals surface area contributed by atoms with E-state index in [4.69, 9.17) is 4.74 Å². The van der Waals surface area contributed by atoms with Gasteiger partial charge in [0.25, 0.3) is 5.56 Å². The number of amides is 1. The van der Waals surface area contributed by atoms with E-state index in [-0.39, 0.29) is 24.4 Å². The number of hydrogen-bond acceptors (Lipinski definition) is 5. The maximum atomic E-state index is 12.8. The van der Waals surface area contributed by atoms with Crippen LogP contribution in [0.3, 0.4) is 0 Å². The number of rotatable bonds is 6. The molecule has 0 unspecified atom stereocenters. The number of aromatic nitrogens is 2. The minimum Gasteiger partial charge on any atom is -0.497 e. The highest BCUT2D eigenvalue weighted by Crippen LogP contribution is 2.24. The van der Waals surface area contributed by atoms with Gasteiger partial charge in [-0.15, -0.1) is 0 Å². The molecular weight excluding hydrogens is 416 g/mol. The van der Waals surface area contributed by atoms with Gasteiger partial charge in [-0.1, -0.05) is 24.3 Å². The number of aryl methyl sites for hydroxylation is 2. The molecule has 1 aliphatic heterocycles. The first kappa shape index (κ1) is 22.6. The Morgan fingerprint density at radius 3 is 2.52 bits per heavy atom. The molecule has 1 aliphatic rings. The fraction of sp³-hybridized carbons (Fsp3) is 0.346. The Kier molecular flexibility index (Phi) is 6.77. The summed E-state index contributed by atoms with van der Waals surface area (Å²) in [4.78, 5) is 29.4. The van der Waals surface area contributed by atoms with Crippen molar-refractivity contribution in [2.75, 3.05) is 38.2 Å². The van der Waals surface area contributed by atoms with Gasteiger partial charge in [0.15, 0.2) is 0 Å². The third kappa shape index (κ3) is 5.08. The molecular formula is C26H30N4O3. The van der Waals surface area contributed by atoms with E-state index in [1.54, 1.807) is 13.2 Å². The molecule has 33 heavy (non-hydrogen) atoms. The van der Waals surface area contributed by atoms with Gasteiger partial charge in [0.05, 0.1) is 19.3 Å². The van der Waals surface area contributed by atoms with Crippen molar-refractivity contribution < 1.29 is 9.53 Å². The first-order valence-electron chi connectivity index (χ1n) is 11.3. The summed E-state index contributed by atoms with van der Waals surface area (Å²) >= 11 is 0. The van der Waals surface area contributed by atoms with Crippen LogP contribution in [0.2, 0.25) is 0 Å². The lowest BCUT2D eigenvalue weighted by atomic mass is 10.1. The Bertz CT molecular complexity index is 1200. The number of carbonyl (C=O) groups is 1. The zero-order valence-electron chi connectivity index (χ0n) is 19.5. The molecule has 0 spiro atoms. The largest absolute Gasteiger partial charge is 0.497 e. The summed E-state index contributed by atoms with van der Waals surface area (Å²) in [7, 11) is 1.61. The van der Waals surface area contributed by atoms with Crippen LogP contribution < -0.4 is 15.2 Å². The fourth-order valence-corrected chi connectivity index (χ4v) is 4.18. The van der Waals surface area contributed by atoms with E-state index in [1.165, 1.54) is 27.6 Å². The first-order valence-corrected chi connectivity index (χ1v) is 11.3. The summed E-state index contributed by atoms with van der Waals surface area (Å²) < 4.78 is 6.65. The number of piperazine rings is 1. The molecule has 0 radical (unpaired) electrons. The molecule has 172 valence electrons. The van der Waals surface area contributed by atoms with Gasteiger partial charge >= 0.3 is 0 Å². The van der Waals surface area contributed by atoms with Crippen LogP contribution in [0.4, 0.5) is 5.69 Å². The lowest BCUT2D eigenvalue weighted by Crippen LogP contribution is -2.49. The van der Waals surface area contributed by atoms with E-state index in [1.807, 2.05) is 29.2 Å². The molecule has 1 aromatic heterocycles. The maximum Gasteiger partial charge on any atom is 0.266 e. The van der Waals surface area contributed by atoms with Crippen molar-refractivity contribution in [2.45, 2.75) is 26.8 Å². The number of hydrogen-bond donors (Lipinski definition) is 0. The van der Waals surface area contributed by atoms with Crippen molar-refractivity contribution in [2.24, 2.45) is 0 Å².